The van der Waals surface area contributed by atoms with Crippen LogP contribution >= 0.6 is 11.6 Å². The third-order valence-electron chi connectivity index (χ3n) is 1.86. The van der Waals surface area contributed by atoms with Gasteiger partial charge in [-0.1, -0.05) is 13.8 Å². The quantitative estimate of drug-likeness (QED) is 0.674. The Morgan fingerprint density at radius 2 is 2.00 bits per heavy atom. The van der Waals surface area contributed by atoms with Crippen LogP contribution in [0.5, 0.6) is 0 Å². The van der Waals surface area contributed by atoms with Crippen LogP contribution in [0.15, 0.2) is 0 Å². The molecule has 0 aliphatic carbocycles. The molecule has 0 aromatic heterocycles. The Morgan fingerprint density at radius 3 is 2.36 bits per heavy atom. The molecule has 1 N–H and O–H groups in total. The van der Waals surface area contributed by atoms with Gasteiger partial charge in [0.1, 0.15) is 0 Å². The summed E-state index contributed by atoms with van der Waals surface area (Å²) in [7, 11) is -1.79. The smallest absolute Gasteiger partial charge is 0.214 e. The number of methoxy groups -OCH3 is 1. The Labute approximate surface area is 91.0 Å². The van der Waals surface area contributed by atoms with Crippen LogP contribution < -0.4 is 4.72 Å². The number of hydrogen-bond donors (Lipinski definition) is 1. The van der Waals surface area contributed by atoms with Crippen LogP contribution in [0.2, 0.25) is 0 Å². The third-order valence-corrected chi connectivity index (χ3v) is 3.56. The highest BCUT2D eigenvalue weighted by Crippen LogP contribution is 2.05. The molecule has 0 heterocycles. The standard InChI is InChI=1S/C8H18ClNO3S/c1-7(2)8(6-9)10-14(11,12)5-4-13-3/h7-8,10H,4-6H2,1-3H3. The van der Waals surface area contributed by atoms with Gasteiger partial charge >= 0.3 is 0 Å². The molecular weight excluding hydrogens is 226 g/mol. The lowest BCUT2D eigenvalue weighted by Crippen LogP contribution is -2.41. The van der Waals surface area contributed by atoms with Gasteiger partial charge < -0.3 is 4.74 Å². The van der Waals surface area contributed by atoms with Gasteiger partial charge in [-0.15, -0.1) is 11.6 Å². The van der Waals surface area contributed by atoms with Gasteiger partial charge in [0.2, 0.25) is 10.0 Å². The summed E-state index contributed by atoms with van der Waals surface area (Å²) in [6, 6.07) is -0.210. The molecule has 0 amide bonds. The fraction of sp³-hybridized carbons (Fsp3) is 1.00. The SMILES string of the molecule is COCCS(=O)(=O)NC(CCl)C(C)C. The van der Waals surface area contributed by atoms with Crippen LogP contribution in [0.3, 0.4) is 0 Å². The summed E-state index contributed by atoms with van der Waals surface area (Å²) in [6.45, 7) is 4.04. The Balaban J connectivity index is 4.18. The van der Waals surface area contributed by atoms with Crippen molar-refractivity contribution >= 4 is 21.6 Å². The molecule has 0 aromatic carbocycles. The summed E-state index contributed by atoms with van der Waals surface area (Å²) in [5.41, 5.74) is 0. The van der Waals surface area contributed by atoms with Crippen molar-refractivity contribution in [3.8, 4) is 0 Å². The average Bonchev–Trinajstić information content (AvgIpc) is 2.10. The van der Waals surface area contributed by atoms with Gasteiger partial charge in [-0.3, -0.25) is 0 Å². The molecule has 4 nitrogen and oxygen atoms in total. The number of halogens is 1. The minimum absolute atomic E-state index is 0.0242. The first-order valence-corrected chi connectivity index (χ1v) is 6.66. The van der Waals surface area contributed by atoms with Crippen molar-refractivity contribution in [2.24, 2.45) is 5.92 Å². The van der Waals surface area contributed by atoms with E-state index in [0.717, 1.165) is 0 Å². The van der Waals surface area contributed by atoms with E-state index in [1.54, 1.807) is 0 Å². The van der Waals surface area contributed by atoms with E-state index >= 15 is 0 Å². The van der Waals surface area contributed by atoms with Crippen molar-refractivity contribution in [2.45, 2.75) is 19.9 Å². The number of sulfonamides is 1. The topological polar surface area (TPSA) is 55.4 Å². The first-order valence-electron chi connectivity index (χ1n) is 4.48. The maximum Gasteiger partial charge on any atom is 0.214 e. The van der Waals surface area contributed by atoms with Crippen LogP contribution in [0, 0.1) is 5.92 Å². The average molecular weight is 244 g/mol. The van der Waals surface area contributed by atoms with E-state index in [2.05, 4.69) is 4.72 Å². The molecule has 0 rings (SSSR count). The third kappa shape index (κ3) is 5.80. The van der Waals surface area contributed by atoms with Crippen molar-refractivity contribution in [3.63, 3.8) is 0 Å². The number of ether oxygens (including phenoxy) is 1. The molecule has 0 saturated heterocycles. The minimum atomic E-state index is -3.26. The monoisotopic (exact) mass is 243 g/mol. The van der Waals surface area contributed by atoms with Crippen LogP contribution in [0.1, 0.15) is 13.8 Å². The zero-order valence-electron chi connectivity index (χ0n) is 8.79. The Kier molecular flexibility index (Phi) is 6.68. The molecule has 0 fully saturated rings. The second-order valence-electron chi connectivity index (χ2n) is 3.43. The second kappa shape index (κ2) is 6.61. The molecule has 0 aliphatic heterocycles. The molecule has 0 bridgehead atoms. The molecule has 1 unspecified atom stereocenters. The number of hydrogen-bond acceptors (Lipinski definition) is 3. The van der Waals surface area contributed by atoms with Crippen LogP contribution in [-0.2, 0) is 14.8 Å². The molecule has 0 spiro atoms. The first kappa shape index (κ1) is 14.2. The lowest BCUT2D eigenvalue weighted by Gasteiger charge is -2.19. The second-order valence-corrected chi connectivity index (χ2v) is 5.62. The summed E-state index contributed by atoms with van der Waals surface area (Å²) >= 11 is 5.64. The van der Waals surface area contributed by atoms with E-state index in [0.29, 0.717) is 0 Å². The van der Waals surface area contributed by atoms with Crippen molar-refractivity contribution in [1.82, 2.24) is 4.72 Å². The Morgan fingerprint density at radius 1 is 1.43 bits per heavy atom. The van der Waals surface area contributed by atoms with Gasteiger partial charge in [0.25, 0.3) is 0 Å². The van der Waals surface area contributed by atoms with Gasteiger partial charge in [0.05, 0.1) is 12.4 Å². The largest absolute Gasteiger partial charge is 0.384 e. The molecule has 1 atom stereocenters. The molecule has 14 heavy (non-hydrogen) atoms. The van der Waals surface area contributed by atoms with Gasteiger partial charge in [-0.25, -0.2) is 13.1 Å². The van der Waals surface area contributed by atoms with Gasteiger partial charge in [-0.05, 0) is 5.92 Å². The predicted octanol–water partition coefficient (Wildman–Crippen LogP) is 0.816. The summed E-state index contributed by atoms with van der Waals surface area (Å²) < 4.78 is 30.1. The highest BCUT2D eigenvalue weighted by Gasteiger charge is 2.19. The lowest BCUT2D eigenvalue weighted by molar-refractivity contribution is 0.216. The normalized spacial score (nSPS) is 14.6. The minimum Gasteiger partial charge on any atom is -0.384 e. The van der Waals surface area contributed by atoms with Crippen molar-refractivity contribution in [3.05, 3.63) is 0 Å². The fourth-order valence-electron chi connectivity index (χ4n) is 0.828. The number of alkyl halides is 1. The Hall–Kier alpha value is 0.160. The fourth-order valence-corrected chi connectivity index (χ4v) is 2.67. The van der Waals surface area contributed by atoms with Crippen LogP contribution in [0.4, 0.5) is 0 Å². The summed E-state index contributed by atoms with van der Waals surface area (Å²) in [6.07, 6.45) is 0. The lowest BCUT2D eigenvalue weighted by atomic mass is 10.1. The first-order chi connectivity index (χ1) is 6.43. The summed E-state index contributed by atoms with van der Waals surface area (Å²) in [5.74, 6) is 0.442. The molecule has 0 aliphatic rings. The van der Waals surface area contributed by atoms with Gasteiger partial charge in [0.15, 0.2) is 0 Å². The van der Waals surface area contributed by atoms with Crippen molar-refractivity contribution < 1.29 is 13.2 Å². The van der Waals surface area contributed by atoms with Crippen LogP contribution in [-0.4, -0.2) is 39.8 Å². The van der Waals surface area contributed by atoms with Gasteiger partial charge in [-0.2, -0.15) is 0 Å². The van der Waals surface area contributed by atoms with Crippen LogP contribution in [0.25, 0.3) is 0 Å². The maximum absolute atomic E-state index is 11.4. The highest BCUT2D eigenvalue weighted by atomic mass is 35.5. The molecule has 6 heteroatoms. The summed E-state index contributed by atoms with van der Waals surface area (Å²) in [4.78, 5) is 0. The molecular formula is C8H18ClNO3S. The maximum atomic E-state index is 11.4. The summed E-state index contributed by atoms with van der Waals surface area (Å²) in [5, 5.41) is 0. The van der Waals surface area contributed by atoms with E-state index in [1.807, 2.05) is 13.8 Å². The van der Waals surface area contributed by atoms with E-state index in [9.17, 15) is 8.42 Å². The zero-order valence-corrected chi connectivity index (χ0v) is 10.4. The van der Waals surface area contributed by atoms with Crippen molar-refractivity contribution in [2.75, 3.05) is 25.3 Å². The zero-order chi connectivity index (χ0) is 11.2. The predicted molar refractivity (Wildman–Crippen MR) is 58.1 cm³/mol. The van der Waals surface area contributed by atoms with E-state index in [1.165, 1.54) is 7.11 Å². The molecule has 86 valence electrons. The van der Waals surface area contributed by atoms with Gasteiger partial charge in [0, 0.05) is 19.0 Å². The van der Waals surface area contributed by atoms with Crippen molar-refractivity contribution in [1.29, 1.82) is 0 Å². The molecule has 0 aromatic rings. The molecule has 0 saturated carbocycles. The van der Waals surface area contributed by atoms with E-state index in [4.69, 9.17) is 16.3 Å². The Bertz CT molecular complexity index is 241. The molecule has 0 radical (unpaired) electrons. The van der Waals surface area contributed by atoms with E-state index < -0.39 is 10.0 Å². The van der Waals surface area contributed by atoms with E-state index in [-0.39, 0.29) is 30.2 Å². The highest BCUT2D eigenvalue weighted by molar-refractivity contribution is 7.89. The number of nitrogens with one attached hydrogen (secondary N) is 1. The number of rotatable bonds is 7.